The van der Waals surface area contributed by atoms with E-state index in [4.69, 9.17) is 4.42 Å². The van der Waals surface area contributed by atoms with Gasteiger partial charge in [0.15, 0.2) is 0 Å². The summed E-state index contributed by atoms with van der Waals surface area (Å²) in [5.74, 6) is 0.616. The van der Waals surface area contributed by atoms with Gasteiger partial charge in [0.1, 0.15) is 5.76 Å². The van der Waals surface area contributed by atoms with Gasteiger partial charge in [0.05, 0.1) is 24.6 Å². The van der Waals surface area contributed by atoms with Crippen LogP contribution in [0.4, 0.5) is 13.2 Å². The fourth-order valence-electron chi connectivity index (χ4n) is 1.81. The van der Waals surface area contributed by atoms with Crippen LogP contribution >= 0.6 is 0 Å². The van der Waals surface area contributed by atoms with Crippen molar-refractivity contribution in [3.05, 3.63) is 41.6 Å². The Hall–Kier alpha value is -1.76. The molecule has 0 aliphatic heterocycles. The van der Waals surface area contributed by atoms with Crippen molar-refractivity contribution in [3.63, 3.8) is 0 Å². The lowest BCUT2D eigenvalue weighted by Gasteiger charge is -2.05. The number of halogens is 3. The molecule has 0 radical (unpaired) electrons. The SMILES string of the molecule is CCCNCc1ccoc1Cn1cc(C(F)(F)F)cn1. The number of nitrogens with zero attached hydrogens (tertiary/aromatic N) is 2. The topological polar surface area (TPSA) is 43.0 Å². The summed E-state index contributed by atoms with van der Waals surface area (Å²) in [6.45, 7) is 3.76. The molecule has 0 atom stereocenters. The van der Waals surface area contributed by atoms with Gasteiger partial charge in [0, 0.05) is 18.3 Å². The number of alkyl halides is 3. The van der Waals surface area contributed by atoms with E-state index in [0.717, 1.165) is 30.9 Å². The first-order chi connectivity index (χ1) is 9.50. The Bertz CT molecular complexity index is 545. The Morgan fingerprint density at radius 3 is 2.85 bits per heavy atom. The quantitative estimate of drug-likeness (QED) is 0.830. The van der Waals surface area contributed by atoms with Crippen LogP contribution in [0.2, 0.25) is 0 Å². The van der Waals surface area contributed by atoms with Crippen LogP contribution in [-0.4, -0.2) is 16.3 Å². The smallest absolute Gasteiger partial charge is 0.419 e. The molecular weight excluding hydrogens is 271 g/mol. The number of hydrogen-bond acceptors (Lipinski definition) is 3. The molecule has 0 spiro atoms. The second-order valence-corrected chi connectivity index (χ2v) is 4.47. The van der Waals surface area contributed by atoms with Crippen LogP contribution in [0.25, 0.3) is 0 Å². The normalized spacial score (nSPS) is 12.0. The van der Waals surface area contributed by atoms with E-state index < -0.39 is 11.7 Å². The summed E-state index contributed by atoms with van der Waals surface area (Å²) in [7, 11) is 0. The molecule has 0 amide bonds. The van der Waals surface area contributed by atoms with E-state index >= 15 is 0 Å². The first kappa shape index (κ1) is 14.6. The first-order valence-corrected chi connectivity index (χ1v) is 6.36. The third-order valence-corrected chi connectivity index (χ3v) is 2.85. The Labute approximate surface area is 114 Å². The predicted molar refractivity (Wildman–Crippen MR) is 67.0 cm³/mol. The van der Waals surface area contributed by atoms with E-state index in [-0.39, 0.29) is 6.54 Å². The van der Waals surface area contributed by atoms with Gasteiger partial charge in [-0.15, -0.1) is 0 Å². The summed E-state index contributed by atoms with van der Waals surface area (Å²) in [4.78, 5) is 0. The van der Waals surface area contributed by atoms with Crippen LogP contribution in [0, 0.1) is 0 Å². The molecule has 0 unspecified atom stereocenters. The molecule has 2 aromatic heterocycles. The van der Waals surface area contributed by atoms with Crippen molar-refractivity contribution in [2.45, 2.75) is 32.6 Å². The van der Waals surface area contributed by atoms with Crippen molar-refractivity contribution in [3.8, 4) is 0 Å². The van der Waals surface area contributed by atoms with E-state index in [1.54, 1.807) is 0 Å². The summed E-state index contributed by atoms with van der Waals surface area (Å²) in [5, 5.41) is 6.93. The number of furan rings is 1. The lowest BCUT2D eigenvalue weighted by molar-refractivity contribution is -0.137. The molecule has 2 heterocycles. The minimum atomic E-state index is -4.37. The summed E-state index contributed by atoms with van der Waals surface area (Å²) in [6, 6.07) is 1.81. The average molecular weight is 287 g/mol. The van der Waals surface area contributed by atoms with Crippen LogP contribution in [-0.2, 0) is 19.3 Å². The first-order valence-electron chi connectivity index (χ1n) is 6.36. The Morgan fingerprint density at radius 2 is 2.20 bits per heavy atom. The molecule has 20 heavy (non-hydrogen) atoms. The van der Waals surface area contributed by atoms with Crippen molar-refractivity contribution in [2.24, 2.45) is 0 Å². The highest BCUT2D eigenvalue weighted by Gasteiger charge is 2.32. The van der Waals surface area contributed by atoms with Gasteiger partial charge < -0.3 is 9.73 Å². The number of hydrogen-bond donors (Lipinski definition) is 1. The standard InChI is InChI=1S/C13H16F3N3O/c1-2-4-17-6-10-3-5-20-12(10)9-19-8-11(7-18-19)13(14,15)16/h3,5,7-8,17H,2,4,6,9H2,1H3. The van der Waals surface area contributed by atoms with Gasteiger partial charge in [-0.3, -0.25) is 4.68 Å². The molecule has 0 bridgehead atoms. The maximum atomic E-state index is 12.5. The third-order valence-electron chi connectivity index (χ3n) is 2.85. The van der Waals surface area contributed by atoms with E-state index in [0.29, 0.717) is 12.3 Å². The van der Waals surface area contributed by atoms with Gasteiger partial charge in [0.25, 0.3) is 0 Å². The van der Waals surface area contributed by atoms with Crippen molar-refractivity contribution in [1.82, 2.24) is 15.1 Å². The Kier molecular flexibility index (Phi) is 4.49. The molecule has 0 fully saturated rings. The minimum Gasteiger partial charge on any atom is -0.467 e. The largest absolute Gasteiger partial charge is 0.467 e. The van der Waals surface area contributed by atoms with Crippen molar-refractivity contribution < 1.29 is 17.6 Å². The molecule has 7 heteroatoms. The van der Waals surface area contributed by atoms with Crippen molar-refractivity contribution in [2.75, 3.05) is 6.54 Å². The monoisotopic (exact) mass is 287 g/mol. The fourth-order valence-corrected chi connectivity index (χ4v) is 1.81. The zero-order valence-electron chi connectivity index (χ0n) is 11.1. The van der Waals surface area contributed by atoms with Crippen molar-refractivity contribution >= 4 is 0 Å². The van der Waals surface area contributed by atoms with Crippen LogP contribution < -0.4 is 5.32 Å². The molecule has 0 saturated heterocycles. The Balaban J connectivity index is 2.03. The van der Waals surface area contributed by atoms with Gasteiger partial charge in [0.2, 0.25) is 0 Å². The second kappa shape index (κ2) is 6.13. The summed E-state index contributed by atoms with van der Waals surface area (Å²) < 4.78 is 44.0. The highest BCUT2D eigenvalue weighted by molar-refractivity contribution is 5.18. The lowest BCUT2D eigenvalue weighted by atomic mass is 10.2. The Morgan fingerprint density at radius 1 is 1.40 bits per heavy atom. The minimum absolute atomic E-state index is 0.187. The van der Waals surface area contributed by atoms with Crippen LogP contribution in [0.1, 0.15) is 30.2 Å². The maximum Gasteiger partial charge on any atom is 0.419 e. The van der Waals surface area contributed by atoms with Crippen LogP contribution in [0.3, 0.4) is 0 Å². The number of rotatable bonds is 6. The van der Waals surface area contributed by atoms with E-state index in [1.807, 2.05) is 6.07 Å². The second-order valence-electron chi connectivity index (χ2n) is 4.47. The van der Waals surface area contributed by atoms with Crippen LogP contribution in [0.15, 0.2) is 29.1 Å². The molecule has 4 nitrogen and oxygen atoms in total. The van der Waals surface area contributed by atoms with E-state index in [2.05, 4.69) is 17.3 Å². The van der Waals surface area contributed by atoms with Crippen LogP contribution in [0.5, 0.6) is 0 Å². The van der Waals surface area contributed by atoms with Crippen molar-refractivity contribution in [1.29, 1.82) is 0 Å². The fraction of sp³-hybridized carbons (Fsp3) is 0.462. The number of nitrogens with one attached hydrogen (secondary N) is 1. The summed E-state index contributed by atoms with van der Waals surface area (Å²) in [5.41, 5.74) is 0.178. The predicted octanol–water partition coefficient (Wildman–Crippen LogP) is 3.04. The van der Waals surface area contributed by atoms with Gasteiger partial charge in [-0.1, -0.05) is 6.92 Å². The molecule has 1 N–H and O–H groups in total. The lowest BCUT2D eigenvalue weighted by Crippen LogP contribution is -2.15. The average Bonchev–Trinajstić information content (AvgIpc) is 2.99. The van der Waals surface area contributed by atoms with Gasteiger partial charge in [-0.05, 0) is 19.0 Å². The molecule has 0 aliphatic carbocycles. The molecular formula is C13H16F3N3O. The van der Waals surface area contributed by atoms with E-state index in [9.17, 15) is 13.2 Å². The zero-order chi connectivity index (χ0) is 14.6. The van der Waals surface area contributed by atoms with Gasteiger partial charge in [-0.25, -0.2) is 0 Å². The molecule has 2 aromatic rings. The zero-order valence-corrected chi connectivity index (χ0v) is 11.1. The molecule has 2 rings (SSSR count). The van der Waals surface area contributed by atoms with Gasteiger partial charge >= 0.3 is 6.18 Å². The van der Waals surface area contributed by atoms with E-state index in [1.165, 1.54) is 10.9 Å². The highest BCUT2D eigenvalue weighted by atomic mass is 19.4. The third kappa shape index (κ3) is 3.63. The summed E-state index contributed by atoms with van der Waals surface area (Å²) >= 11 is 0. The maximum absolute atomic E-state index is 12.5. The molecule has 0 aliphatic rings. The highest BCUT2D eigenvalue weighted by Crippen LogP contribution is 2.28. The van der Waals surface area contributed by atoms with Gasteiger partial charge in [-0.2, -0.15) is 18.3 Å². The molecule has 0 aromatic carbocycles. The number of aromatic nitrogens is 2. The molecule has 0 saturated carbocycles. The summed E-state index contributed by atoms with van der Waals surface area (Å²) in [6.07, 6.45) is -0.0234. The molecule has 110 valence electrons.